The van der Waals surface area contributed by atoms with Crippen LogP contribution in [-0.2, 0) is 11.2 Å². The van der Waals surface area contributed by atoms with Gasteiger partial charge in [0, 0.05) is 17.7 Å². The fraction of sp³-hybridized carbons (Fsp3) is 0.571. The molecule has 1 atom stereocenters. The molecule has 0 saturated carbocycles. The third-order valence-corrected chi connectivity index (χ3v) is 3.68. The van der Waals surface area contributed by atoms with Crippen LogP contribution in [0.3, 0.4) is 0 Å². The minimum Gasteiger partial charge on any atom is -0.382 e. The van der Waals surface area contributed by atoms with Crippen LogP contribution in [0.2, 0.25) is 0 Å². The predicted molar refractivity (Wildman–Crippen MR) is 76.1 cm³/mol. The fourth-order valence-electron chi connectivity index (χ4n) is 1.90. The number of halogens is 1. The highest BCUT2D eigenvalue weighted by molar-refractivity contribution is 9.10. The number of nitrogens with two attached hydrogens (primary N) is 1. The van der Waals surface area contributed by atoms with E-state index in [-0.39, 0.29) is 0 Å². The van der Waals surface area contributed by atoms with Crippen molar-refractivity contribution >= 4 is 15.9 Å². The lowest BCUT2D eigenvalue weighted by atomic mass is 9.95. The first-order valence-electron chi connectivity index (χ1n) is 6.29. The van der Waals surface area contributed by atoms with Crippen LogP contribution >= 0.6 is 15.9 Å². The summed E-state index contributed by atoms with van der Waals surface area (Å²) in [5.41, 5.74) is 7.18. The molecule has 0 saturated heterocycles. The topological polar surface area (TPSA) is 35.2 Å². The lowest BCUT2D eigenvalue weighted by molar-refractivity contribution is 0.139. The molecule has 0 spiro atoms. The van der Waals surface area contributed by atoms with E-state index < -0.39 is 0 Å². The Morgan fingerprint density at radius 2 is 2.12 bits per heavy atom. The van der Waals surface area contributed by atoms with Crippen LogP contribution in [0.25, 0.3) is 0 Å². The Kier molecular flexibility index (Phi) is 7.49. The summed E-state index contributed by atoms with van der Waals surface area (Å²) in [5, 5.41) is 0. The van der Waals surface area contributed by atoms with E-state index in [1.807, 2.05) is 13.0 Å². The van der Waals surface area contributed by atoms with Crippen LogP contribution in [0.4, 0.5) is 0 Å². The van der Waals surface area contributed by atoms with Crippen LogP contribution in [-0.4, -0.2) is 19.8 Å². The molecule has 0 aliphatic rings. The van der Waals surface area contributed by atoms with Gasteiger partial charge in [0.25, 0.3) is 0 Å². The van der Waals surface area contributed by atoms with Gasteiger partial charge in [-0.15, -0.1) is 0 Å². The maximum Gasteiger partial charge on any atom is 0.0466 e. The third kappa shape index (κ3) is 5.66. The molecule has 1 aromatic carbocycles. The van der Waals surface area contributed by atoms with E-state index in [4.69, 9.17) is 10.5 Å². The van der Waals surface area contributed by atoms with E-state index in [0.29, 0.717) is 5.92 Å². The molecule has 0 fully saturated rings. The van der Waals surface area contributed by atoms with Crippen molar-refractivity contribution in [1.29, 1.82) is 0 Å². The first-order valence-corrected chi connectivity index (χ1v) is 7.08. The summed E-state index contributed by atoms with van der Waals surface area (Å²) < 4.78 is 6.54. The quantitative estimate of drug-likeness (QED) is 0.747. The highest BCUT2D eigenvalue weighted by Gasteiger charge is 2.09. The van der Waals surface area contributed by atoms with Crippen molar-refractivity contribution in [2.75, 3.05) is 19.8 Å². The molecule has 0 radical (unpaired) electrons. The maximum atomic E-state index is 5.83. The van der Waals surface area contributed by atoms with E-state index in [0.717, 1.165) is 39.0 Å². The van der Waals surface area contributed by atoms with Crippen LogP contribution in [0.1, 0.15) is 25.3 Å². The van der Waals surface area contributed by atoms with Crippen molar-refractivity contribution < 1.29 is 4.74 Å². The molecule has 1 rings (SSSR count). The van der Waals surface area contributed by atoms with Crippen molar-refractivity contribution in [2.45, 2.75) is 26.2 Å². The molecule has 2 nitrogen and oxygen atoms in total. The average molecular weight is 300 g/mol. The molecule has 0 aromatic heterocycles. The molecule has 0 aliphatic heterocycles. The summed E-state index contributed by atoms with van der Waals surface area (Å²) in [6, 6.07) is 8.37. The third-order valence-electron chi connectivity index (χ3n) is 2.90. The zero-order valence-corrected chi connectivity index (χ0v) is 12.1. The molecular weight excluding hydrogens is 278 g/mol. The first kappa shape index (κ1) is 14.7. The molecule has 3 heteroatoms. The molecule has 96 valence electrons. The summed E-state index contributed by atoms with van der Waals surface area (Å²) in [7, 11) is 0. The van der Waals surface area contributed by atoms with Gasteiger partial charge >= 0.3 is 0 Å². The summed E-state index contributed by atoms with van der Waals surface area (Å²) in [4.78, 5) is 0. The van der Waals surface area contributed by atoms with Crippen LogP contribution in [0.5, 0.6) is 0 Å². The van der Waals surface area contributed by atoms with E-state index in [9.17, 15) is 0 Å². The second-order valence-electron chi connectivity index (χ2n) is 4.24. The number of hydrogen-bond acceptors (Lipinski definition) is 2. The van der Waals surface area contributed by atoms with Gasteiger partial charge in [0.2, 0.25) is 0 Å². The van der Waals surface area contributed by atoms with Crippen LogP contribution < -0.4 is 5.73 Å². The minimum absolute atomic E-state index is 0.550. The Morgan fingerprint density at radius 3 is 2.76 bits per heavy atom. The Morgan fingerprint density at radius 1 is 1.35 bits per heavy atom. The van der Waals surface area contributed by atoms with Gasteiger partial charge in [-0.3, -0.25) is 0 Å². The second-order valence-corrected chi connectivity index (χ2v) is 5.09. The van der Waals surface area contributed by atoms with E-state index >= 15 is 0 Å². The molecule has 1 unspecified atom stereocenters. The molecule has 17 heavy (non-hydrogen) atoms. The van der Waals surface area contributed by atoms with Crippen molar-refractivity contribution in [2.24, 2.45) is 11.7 Å². The Labute approximate surface area is 113 Å². The molecule has 0 aliphatic carbocycles. The zero-order chi connectivity index (χ0) is 12.5. The van der Waals surface area contributed by atoms with Crippen molar-refractivity contribution in [1.82, 2.24) is 0 Å². The smallest absolute Gasteiger partial charge is 0.0466 e. The molecular formula is C14H22BrNO. The van der Waals surface area contributed by atoms with Gasteiger partial charge in [-0.05, 0) is 50.3 Å². The van der Waals surface area contributed by atoms with E-state index in [1.165, 1.54) is 10.0 Å². The highest BCUT2D eigenvalue weighted by Crippen LogP contribution is 2.21. The first-order chi connectivity index (χ1) is 8.27. The number of ether oxygens (including phenoxy) is 1. The monoisotopic (exact) mass is 299 g/mol. The summed E-state index contributed by atoms with van der Waals surface area (Å²) >= 11 is 3.58. The van der Waals surface area contributed by atoms with Gasteiger partial charge in [-0.2, -0.15) is 0 Å². The zero-order valence-electron chi connectivity index (χ0n) is 10.5. The minimum atomic E-state index is 0.550. The van der Waals surface area contributed by atoms with Crippen LogP contribution in [0, 0.1) is 5.92 Å². The Balaban J connectivity index is 2.38. The largest absolute Gasteiger partial charge is 0.382 e. The lowest BCUT2D eigenvalue weighted by Crippen LogP contribution is -2.17. The Bertz CT molecular complexity index is 317. The lowest BCUT2D eigenvalue weighted by Gasteiger charge is -2.15. The SMILES string of the molecule is CCOCCCC(CN)Cc1ccccc1Br. The van der Waals surface area contributed by atoms with Gasteiger partial charge < -0.3 is 10.5 Å². The van der Waals surface area contributed by atoms with Gasteiger partial charge in [0.1, 0.15) is 0 Å². The van der Waals surface area contributed by atoms with Crippen molar-refractivity contribution in [3.63, 3.8) is 0 Å². The Hall–Kier alpha value is -0.380. The van der Waals surface area contributed by atoms with Crippen LogP contribution in [0.15, 0.2) is 28.7 Å². The normalized spacial score (nSPS) is 12.6. The second kappa shape index (κ2) is 8.67. The maximum absolute atomic E-state index is 5.83. The summed E-state index contributed by atoms with van der Waals surface area (Å²) in [6.45, 7) is 4.43. The van der Waals surface area contributed by atoms with E-state index in [2.05, 4.69) is 34.1 Å². The standard InChI is InChI=1S/C14H22BrNO/c1-2-17-9-5-6-12(11-16)10-13-7-3-4-8-14(13)15/h3-4,7-8,12H,2,5-6,9-11,16H2,1H3. The van der Waals surface area contributed by atoms with E-state index in [1.54, 1.807) is 0 Å². The summed E-state index contributed by atoms with van der Waals surface area (Å²) in [5.74, 6) is 0.550. The van der Waals surface area contributed by atoms with Crippen molar-refractivity contribution in [3.8, 4) is 0 Å². The molecule has 0 bridgehead atoms. The van der Waals surface area contributed by atoms with Gasteiger partial charge in [-0.1, -0.05) is 34.1 Å². The van der Waals surface area contributed by atoms with Crippen molar-refractivity contribution in [3.05, 3.63) is 34.3 Å². The fourth-order valence-corrected chi connectivity index (χ4v) is 2.34. The van der Waals surface area contributed by atoms with Gasteiger partial charge in [0.05, 0.1) is 0 Å². The molecule has 0 heterocycles. The predicted octanol–water partition coefficient (Wildman–Crippen LogP) is 3.38. The average Bonchev–Trinajstić information content (AvgIpc) is 2.35. The summed E-state index contributed by atoms with van der Waals surface area (Å²) in [6.07, 6.45) is 3.28. The van der Waals surface area contributed by atoms with Gasteiger partial charge in [0.15, 0.2) is 0 Å². The molecule has 2 N–H and O–H groups in total. The molecule has 1 aromatic rings. The number of benzene rings is 1. The highest BCUT2D eigenvalue weighted by atomic mass is 79.9. The molecule has 0 amide bonds. The van der Waals surface area contributed by atoms with Gasteiger partial charge in [-0.25, -0.2) is 0 Å². The number of hydrogen-bond donors (Lipinski definition) is 1. The number of rotatable bonds is 8.